The predicted molar refractivity (Wildman–Crippen MR) is 63.6 cm³/mol. The molecule has 1 nitrogen and oxygen atoms in total. The molecule has 0 radical (unpaired) electrons. The standard InChI is InChI=1S/C10H18OSi2/c1-13(11-12)9-5-8-10-6-3-2-4-7-10/h2-4,6-7,13H,5,8-9H2,1,12H3. The van der Waals surface area contributed by atoms with Crippen LogP contribution in [0.2, 0.25) is 12.6 Å². The quantitative estimate of drug-likeness (QED) is 0.665. The Bertz CT molecular complexity index is 226. The van der Waals surface area contributed by atoms with Gasteiger partial charge >= 0.3 is 0 Å². The van der Waals surface area contributed by atoms with Gasteiger partial charge in [-0.1, -0.05) is 30.3 Å². The number of benzene rings is 1. The van der Waals surface area contributed by atoms with Crippen LogP contribution in [0.3, 0.4) is 0 Å². The molecule has 13 heavy (non-hydrogen) atoms. The molecule has 3 heteroatoms. The zero-order valence-corrected chi connectivity index (χ0v) is 11.6. The average Bonchev–Trinajstić information content (AvgIpc) is 2.19. The van der Waals surface area contributed by atoms with Crippen molar-refractivity contribution in [1.82, 2.24) is 0 Å². The zero-order valence-electron chi connectivity index (χ0n) is 8.49. The average molecular weight is 210 g/mol. The molecule has 0 aromatic heterocycles. The summed E-state index contributed by atoms with van der Waals surface area (Å²) >= 11 is 0. The molecule has 0 amide bonds. The fourth-order valence-corrected chi connectivity index (χ4v) is 3.08. The number of hydrogen-bond acceptors (Lipinski definition) is 1. The van der Waals surface area contributed by atoms with Gasteiger partial charge in [0.15, 0.2) is 9.04 Å². The second-order valence-corrected chi connectivity index (χ2v) is 7.51. The normalized spacial score (nSPS) is 13.0. The van der Waals surface area contributed by atoms with E-state index in [4.69, 9.17) is 4.12 Å². The van der Waals surface area contributed by atoms with Crippen LogP contribution in [0.25, 0.3) is 0 Å². The van der Waals surface area contributed by atoms with Crippen LogP contribution in [-0.2, 0) is 10.5 Å². The van der Waals surface area contributed by atoms with Crippen molar-refractivity contribution in [3.05, 3.63) is 35.9 Å². The number of hydrogen-bond donors (Lipinski definition) is 0. The maximum atomic E-state index is 5.47. The molecule has 0 fully saturated rings. The van der Waals surface area contributed by atoms with Crippen LogP contribution in [0.15, 0.2) is 30.3 Å². The summed E-state index contributed by atoms with van der Waals surface area (Å²) in [5, 5.41) is 0. The van der Waals surface area contributed by atoms with Crippen molar-refractivity contribution in [2.24, 2.45) is 0 Å². The van der Waals surface area contributed by atoms with Crippen LogP contribution < -0.4 is 0 Å². The molecule has 0 spiro atoms. The smallest absolute Gasteiger partial charge is 0.159 e. The van der Waals surface area contributed by atoms with E-state index in [9.17, 15) is 0 Å². The van der Waals surface area contributed by atoms with E-state index >= 15 is 0 Å². The lowest BCUT2D eigenvalue weighted by Gasteiger charge is -2.07. The van der Waals surface area contributed by atoms with Gasteiger partial charge in [-0.3, -0.25) is 0 Å². The summed E-state index contributed by atoms with van der Waals surface area (Å²) in [6, 6.07) is 12.0. The van der Waals surface area contributed by atoms with E-state index in [2.05, 4.69) is 36.9 Å². The Hall–Kier alpha value is -0.386. The van der Waals surface area contributed by atoms with Gasteiger partial charge in [-0.15, -0.1) is 0 Å². The minimum atomic E-state index is -0.761. The highest BCUT2D eigenvalue weighted by Crippen LogP contribution is 2.06. The van der Waals surface area contributed by atoms with Crippen LogP contribution in [0.1, 0.15) is 12.0 Å². The summed E-state index contributed by atoms with van der Waals surface area (Å²) in [6.07, 6.45) is 2.50. The number of aryl methyl sites for hydroxylation is 1. The highest BCUT2D eigenvalue weighted by atomic mass is 28.3. The maximum Gasteiger partial charge on any atom is 0.159 e. The van der Waals surface area contributed by atoms with Gasteiger partial charge in [-0.2, -0.15) is 0 Å². The molecule has 72 valence electrons. The molecule has 0 saturated carbocycles. The van der Waals surface area contributed by atoms with E-state index in [0.29, 0.717) is 0 Å². The Morgan fingerprint density at radius 3 is 2.62 bits per heavy atom. The SMILES string of the molecule is C[SiH](CCCc1ccccc1)O[SiH3]. The molecular weight excluding hydrogens is 192 g/mol. The van der Waals surface area contributed by atoms with Crippen molar-refractivity contribution in [2.45, 2.75) is 25.4 Å². The summed E-state index contributed by atoms with van der Waals surface area (Å²) in [6.45, 7) is 2.29. The first-order valence-corrected chi connectivity index (χ1v) is 8.15. The lowest BCUT2D eigenvalue weighted by atomic mass is 10.1. The third-order valence-electron chi connectivity index (χ3n) is 2.32. The lowest BCUT2D eigenvalue weighted by molar-refractivity contribution is 0.629. The molecule has 1 unspecified atom stereocenters. The van der Waals surface area contributed by atoms with Gasteiger partial charge in [0, 0.05) is 0 Å². The summed E-state index contributed by atoms with van der Waals surface area (Å²) in [5.41, 5.74) is 1.46. The Morgan fingerprint density at radius 1 is 1.31 bits per heavy atom. The fraction of sp³-hybridized carbons (Fsp3) is 0.400. The van der Waals surface area contributed by atoms with Crippen LogP contribution in [-0.4, -0.2) is 19.5 Å². The van der Waals surface area contributed by atoms with Crippen LogP contribution in [0.4, 0.5) is 0 Å². The first kappa shape index (κ1) is 10.7. The second-order valence-electron chi connectivity index (χ2n) is 3.42. The van der Waals surface area contributed by atoms with Crippen molar-refractivity contribution < 1.29 is 4.12 Å². The molecule has 0 aliphatic heterocycles. The Balaban J connectivity index is 2.20. The molecule has 1 atom stereocenters. The van der Waals surface area contributed by atoms with Gasteiger partial charge in [0.05, 0.1) is 0 Å². The molecule has 0 aliphatic carbocycles. The van der Waals surface area contributed by atoms with Gasteiger partial charge in [-0.25, -0.2) is 0 Å². The highest BCUT2D eigenvalue weighted by Gasteiger charge is 2.00. The van der Waals surface area contributed by atoms with Crippen LogP contribution in [0.5, 0.6) is 0 Å². The fourth-order valence-electron chi connectivity index (χ4n) is 1.36. The van der Waals surface area contributed by atoms with Gasteiger partial charge in [0.1, 0.15) is 10.5 Å². The summed E-state index contributed by atoms with van der Waals surface area (Å²) in [5.74, 6) is 0. The van der Waals surface area contributed by atoms with Crippen molar-refractivity contribution in [2.75, 3.05) is 0 Å². The van der Waals surface area contributed by atoms with Crippen molar-refractivity contribution >= 4 is 19.5 Å². The molecule has 0 N–H and O–H groups in total. The molecule has 0 saturated heterocycles. The summed E-state index contributed by atoms with van der Waals surface area (Å²) in [7, 11) is 0.161. The van der Waals surface area contributed by atoms with Crippen molar-refractivity contribution in [1.29, 1.82) is 0 Å². The Morgan fingerprint density at radius 2 is 2.00 bits per heavy atom. The largest absolute Gasteiger partial charge is 0.466 e. The van der Waals surface area contributed by atoms with Gasteiger partial charge in [0.25, 0.3) is 0 Å². The van der Waals surface area contributed by atoms with Crippen molar-refractivity contribution in [3.8, 4) is 0 Å². The first-order chi connectivity index (χ1) is 6.33. The molecule has 0 heterocycles. The third-order valence-corrected chi connectivity index (χ3v) is 6.76. The number of rotatable bonds is 5. The second kappa shape index (κ2) is 6.13. The molecular formula is C10H18OSi2. The van der Waals surface area contributed by atoms with E-state index in [-0.39, 0.29) is 0 Å². The molecule has 1 aromatic carbocycles. The molecule has 1 aromatic rings. The summed E-state index contributed by atoms with van der Waals surface area (Å²) in [4.78, 5) is 0. The third kappa shape index (κ3) is 4.40. The molecule has 1 rings (SSSR count). The predicted octanol–water partition coefficient (Wildman–Crippen LogP) is 1.27. The van der Waals surface area contributed by atoms with E-state index in [1.807, 2.05) is 0 Å². The highest BCUT2D eigenvalue weighted by molar-refractivity contribution is 6.54. The first-order valence-electron chi connectivity index (χ1n) is 4.89. The Labute approximate surface area is 85.4 Å². The molecule has 0 aliphatic rings. The zero-order chi connectivity index (χ0) is 9.52. The molecule has 0 bridgehead atoms. The topological polar surface area (TPSA) is 9.23 Å². The van der Waals surface area contributed by atoms with Gasteiger partial charge < -0.3 is 4.12 Å². The van der Waals surface area contributed by atoms with E-state index in [0.717, 1.165) is 10.5 Å². The van der Waals surface area contributed by atoms with Gasteiger partial charge in [-0.05, 0) is 31.0 Å². The maximum absolute atomic E-state index is 5.47. The lowest BCUT2D eigenvalue weighted by Crippen LogP contribution is -2.10. The monoisotopic (exact) mass is 210 g/mol. The summed E-state index contributed by atoms with van der Waals surface area (Å²) < 4.78 is 5.47. The minimum absolute atomic E-state index is 0.761. The van der Waals surface area contributed by atoms with E-state index < -0.39 is 9.04 Å². The minimum Gasteiger partial charge on any atom is -0.466 e. The van der Waals surface area contributed by atoms with Gasteiger partial charge in [0.2, 0.25) is 0 Å². The van der Waals surface area contributed by atoms with Crippen molar-refractivity contribution in [3.63, 3.8) is 0 Å². The van der Waals surface area contributed by atoms with Crippen LogP contribution in [0, 0.1) is 0 Å². The van der Waals surface area contributed by atoms with E-state index in [1.54, 1.807) is 0 Å². The Kier molecular flexibility index (Phi) is 5.04. The van der Waals surface area contributed by atoms with Crippen LogP contribution >= 0.6 is 0 Å². The van der Waals surface area contributed by atoms with E-state index in [1.165, 1.54) is 24.4 Å².